The lowest BCUT2D eigenvalue weighted by molar-refractivity contribution is -0.285. The maximum absolute atomic E-state index is 11.7. The molecule has 24 heavy (non-hydrogen) atoms. The van der Waals surface area contributed by atoms with Crippen molar-refractivity contribution in [3.63, 3.8) is 0 Å². The van der Waals surface area contributed by atoms with Gasteiger partial charge < -0.3 is 14.6 Å². The van der Waals surface area contributed by atoms with Crippen LogP contribution in [0.1, 0.15) is 54.4 Å². The molecule has 136 valence electrons. The predicted molar refractivity (Wildman–Crippen MR) is 87.9 cm³/mol. The Labute approximate surface area is 144 Å². The molecule has 1 N–H and O–H groups in total. The topological polar surface area (TPSA) is 72.8 Å². The van der Waals surface area contributed by atoms with Crippen molar-refractivity contribution in [1.29, 1.82) is 0 Å². The van der Waals surface area contributed by atoms with Crippen LogP contribution in [0.5, 0.6) is 0 Å². The second-order valence-electron chi connectivity index (χ2n) is 8.98. The van der Waals surface area contributed by atoms with Gasteiger partial charge in [0.05, 0.1) is 6.10 Å². The van der Waals surface area contributed by atoms with Gasteiger partial charge in [-0.25, -0.2) is 0 Å². The van der Waals surface area contributed by atoms with E-state index < -0.39 is 6.10 Å². The van der Waals surface area contributed by atoms with Gasteiger partial charge >= 0.3 is 11.9 Å². The van der Waals surface area contributed by atoms with Crippen molar-refractivity contribution < 1.29 is 24.2 Å². The number of fused-ring (bicyclic) bond motifs is 2. The molecule has 4 aliphatic rings. The second-order valence-corrected chi connectivity index (χ2v) is 8.98. The zero-order valence-corrected chi connectivity index (χ0v) is 15.5. The Bertz CT molecular complexity index is 556. The monoisotopic (exact) mass is 338 g/mol. The first-order valence-electron chi connectivity index (χ1n) is 9.03. The molecule has 0 heterocycles. The second kappa shape index (κ2) is 5.45. The van der Waals surface area contributed by atoms with E-state index in [0.717, 1.165) is 6.42 Å². The van der Waals surface area contributed by atoms with Crippen LogP contribution in [0, 0.1) is 34.5 Å². The Morgan fingerprint density at radius 1 is 0.958 bits per heavy atom. The summed E-state index contributed by atoms with van der Waals surface area (Å²) in [6.45, 7) is 11.4. The van der Waals surface area contributed by atoms with Crippen molar-refractivity contribution in [2.24, 2.45) is 34.5 Å². The van der Waals surface area contributed by atoms with Crippen molar-refractivity contribution in [3.8, 4) is 0 Å². The molecule has 4 aliphatic carbocycles. The first-order chi connectivity index (χ1) is 11.0. The molecule has 0 aromatic rings. The third kappa shape index (κ3) is 2.23. The summed E-state index contributed by atoms with van der Waals surface area (Å²) in [5, 5.41) is 10.8. The van der Waals surface area contributed by atoms with Crippen molar-refractivity contribution in [1.82, 2.24) is 0 Å². The molecule has 0 amide bonds. The van der Waals surface area contributed by atoms with Crippen LogP contribution >= 0.6 is 0 Å². The molecule has 0 aromatic heterocycles. The largest absolute Gasteiger partial charge is 0.462 e. The summed E-state index contributed by atoms with van der Waals surface area (Å²) < 4.78 is 11.4. The lowest BCUT2D eigenvalue weighted by Gasteiger charge is -2.71. The highest BCUT2D eigenvalue weighted by atomic mass is 16.6. The van der Waals surface area contributed by atoms with Gasteiger partial charge in [0.1, 0.15) is 12.2 Å². The van der Waals surface area contributed by atoms with E-state index in [1.807, 2.05) is 0 Å². The summed E-state index contributed by atoms with van der Waals surface area (Å²) in [7, 11) is 0. The maximum Gasteiger partial charge on any atom is 0.302 e. The minimum Gasteiger partial charge on any atom is -0.462 e. The standard InChI is InChI=1S/C19H30O5/c1-9-7-12(23-10(2)20)16-17-15(9)19(16,6)14(24-11(3)21)8-13(22)18(17,4)5/h9,12-17,22H,7-8H2,1-6H3/t9-,12+,13+,14+,15-,16+,17-,19+/m0/s1. The third-order valence-electron chi connectivity index (χ3n) is 7.30. The number of carbonyl (C=O) groups is 2. The summed E-state index contributed by atoms with van der Waals surface area (Å²) in [5.74, 6) is 0.541. The Hall–Kier alpha value is -1.10. The third-order valence-corrected chi connectivity index (χ3v) is 7.30. The van der Waals surface area contributed by atoms with E-state index in [0.29, 0.717) is 18.3 Å². The van der Waals surface area contributed by atoms with Gasteiger partial charge in [0.15, 0.2) is 0 Å². The van der Waals surface area contributed by atoms with Gasteiger partial charge in [0, 0.05) is 31.6 Å². The number of hydrogen-bond acceptors (Lipinski definition) is 5. The quantitative estimate of drug-likeness (QED) is 0.783. The van der Waals surface area contributed by atoms with Gasteiger partial charge in [-0.1, -0.05) is 27.7 Å². The molecule has 5 heteroatoms. The van der Waals surface area contributed by atoms with Gasteiger partial charge in [0.2, 0.25) is 0 Å². The van der Waals surface area contributed by atoms with E-state index in [-0.39, 0.29) is 46.8 Å². The normalized spacial score (nSPS) is 48.7. The summed E-state index contributed by atoms with van der Waals surface area (Å²) in [5.41, 5.74) is -0.542. The van der Waals surface area contributed by atoms with Gasteiger partial charge in [-0.05, 0) is 29.6 Å². The minimum absolute atomic E-state index is 0.124. The SMILES string of the molecule is CC(=O)O[C@@H]1C[C@H](C)[C@H]2[C@H]3[C@@H]1[C@]2(C)[C@H](OC(C)=O)C[C@@H](O)C3(C)C. The van der Waals surface area contributed by atoms with Gasteiger partial charge in [-0.3, -0.25) is 9.59 Å². The average Bonchev–Trinajstić information content (AvgIpc) is 2.50. The zero-order valence-electron chi connectivity index (χ0n) is 15.5. The number of esters is 2. The Morgan fingerprint density at radius 2 is 1.54 bits per heavy atom. The van der Waals surface area contributed by atoms with Crippen LogP contribution < -0.4 is 0 Å². The fourth-order valence-corrected chi connectivity index (χ4v) is 6.41. The van der Waals surface area contributed by atoms with Crippen LogP contribution in [0.3, 0.4) is 0 Å². The molecular weight excluding hydrogens is 308 g/mol. The van der Waals surface area contributed by atoms with Crippen molar-refractivity contribution in [2.45, 2.75) is 72.7 Å². The van der Waals surface area contributed by atoms with Crippen LogP contribution in [-0.2, 0) is 19.1 Å². The van der Waals surface area contributed by atoms with E-state index in [9.17, 15) is 14.7 Å². The van der Waals surface area contributed by atoms with E-state index in [1.54, 1.807) is 0 Å². The smallest absolute Gasteiger partial charge is 0.302 e. The van der Waals surface area contributed by atoms with Crippen molar-refractivity contribution in [3.05, 3.63) is 0 Å². The van der Waals surface area contributed by atoms with Gasteiger partial charge in [-0.15, -0.1) is 0 Å². The molecule has 4 saturated carbocycles. The van der Waals surface area contributed by atoms with E-state index in [1.165, 1.54) is 13.8 Å². The number of hydrogen-bond donors (Lipinski definition) is 1. The lowest BCUT2D eigenvalue weighted by atomic mass is 9.35. The molecule has 4 fully saturated rings. The molecule has 0 radical (unpaired) electrons. The number of aliphatic hydroxyl groups excluding tert-OH is 1. The Balaban J connectivity index is 2.06. The van der Waals surface area contributed by atoms with Crippen LogP contribution in [0.25, 0.3) is 0 Å². The highest BCUT2D eigenvalue weighted by molar-refractivity contribution is 5.67. The molecule has 0 aliphatic heterocycles. The Morgan fingerprint density at radius 3 is 2.08 bits per heavy atom. The summed E-state index contributed by atoms with van der Waals surface area (Å²) in [6.07, 6.45) is 0.259. The average molecular weight is 338 g/mol. The molecule has 4 bridgehead atoms. The maximum atomic E-state index is 11.7. The Kier molecular flexibility index (Phi) is 4.02. The zero-order chi connectivity index (χ0) is 18.0. The number of aliphatic hydroxyl groups is 1. The highest BCUT2D eigenvalue weighted by Gasteiger charge is 2.75. The minimum atomic E-state index is -0.538. The van der Waals surface area contributed by atoms with E-state index >= 15 is 0 Å². The number of rotatable bonds is 2. The summed E-state index contributed by atoms with van der Waals surface area (Å²) in [4.78, 5) is 23.3. The van der Waals surface area contributed by atoms with Crippen LogP contribution in [0.4, 0.5) is 0 Å². The molecule has 0 saturated heterocycles. The van der Waals surface area contributed by atoms with Crippen LogP contribution in [0.2, 0.25) is 0 Å². The highest BCUT2D eigenvalue weighted by Crippen LogP contribution is 2.74. The lowest BCUT2D eigenvalue weighted by Crippen LogP contribution is -2.72. The molecule has 0 aromatic carbocycles. The molecule has 5 nitrogen and oxygen atoms in total. The molecule has 0 unspecified atom stereocenters. The van der Waals surface area contributed by atoms with Crippen molar-refractivity contribution >= 4 is 11.9 Å². The van der Waals surface area contributed by atoms with Gasteiger partial charge in [0.25, 0.3) is 0 Å². The van der Waals surface area contributed by atoms with E-state index in [2.05, 4.69) is 27.7 Å². The van der Waals surface area contributed by atoms with Crippen molar-refractivity contribution in [2.75, 3.05) is 0 Å². The molecule has 0 spiro atoms. The predicted octanol–water partition coefficient (Wildman–Crippen LogP) is 2.55. The molecular formula is C19H30O5. The number of ether oxygens (including phenoxy) is 2. The first kappa shape index (κ1) is 17.7. The molecule has 4 rings (SSSR count). The molecule has 8 atom stereocenters. The van der Waals surface area contributed by atoms with Crippen LogP contribution in [-0.4, -0.2) is 35.4 Å². The van der Waals surface area contributed by atoms with Gasteiger partial charge in [-0.2, -0.15) is 0 Å². The van der Waals surface area contributed by atoms with E-state index in [4.69, 9.17) is 9.47 Å². The number of carbonyl (C=O) groups excluding carboxylic acids is 2. The fourth-order valence-electron chi connectivity index (χ4n) is 6.41. The van der Waals surface area contributed by atoms with Crippen LogP contribution in [0.15, 0.2) is 0 Å². The summed E-state index contributed by atoms with van der Waals surface area (Å²) in [6, 6.07) is 0. The fraction of sp³-hybridized carbons (Fsp3) is 0.895. The first-order valence-corrected chi connectivity index (χ1v) is 9.03. The summed E-state index contributed by atoms with van der Waals surface area (Å²) >= 11 is 0.